The highest BCUT2D eigenvalue weighted by Crippen LogP contribution is 2.30. The Balaban J connectivity index is 0.00000176. The molecule has 0 aromatic heterocycles. The Kier molecular flexibility index (Phi) is 6.97. The number of hydrogen-bond donors (Lipinski definition) is 1. The number of rotatable bonds is 4. The molecule has 0 aromatic rings. The van der Waals surface area contributed by atoms with Gasteiger partial charge in [-0.1, -0.05) is 19.3 Å². The van der Waals surface area contributed by atoms with Crippen molar-refractivity contribution in [2.75, 3.05) is 13.2 Å². The Morgan fingerprint density at radius 2 is 1.82 bits per heavy atom. The first-order chi connectivity index (χ1) is 10.2. The van der Waals surface area contributed by atoms with Crippen molar-refractivity contribution in [3.05, 3.63) is 0 Å². The van der Waals surface area contributed by atoms with Crippen LogP contribution < -0.4 is 5.73 Å². The lowest BCUT2D eigenvalue weighted by atomic mass is 9.85. The first-order valence-electron chi connectivity index (χ1n) is 8.91. The molecule has 22 heavy (non-hydrogen) atoms. The predicted molar refractivity (Wildman–Crippen MR) is 90.1 cm³/mol. The summed E-state index contributed by atoms with van der Waals surface area (Å²) >= 11 is 0. The molecule has 3 unspecified atom stereocenters. The minimum atomic E-state index is 0. The second kappa shape index (κ2) is 8.51. The molecular weight excluding hydrogens is 300 g/mol. The van der Waals surface area contributed by atoms with Gasteiger partial charge in [0.05, 0.1) is 6.10 Å². The van der Waals surface area contributed by atoms with Gasteiger partial charge in [0.15, 0.2) is 0 Å². The molecule has 0 spiro atoms. The smallest absolute Gasteiger partial charge is 0.226 e. The third-order valence-corrected chi connectivity index (χ3v) is 5.54. The van der Waals surface area contributed by atoms with E-state index in [4.69, 9.17) is 10.5 Å². The molecule has 0 radical (unpaired) electrons. The van der Waals surface area contributed by atoms with Crippen LogP contribution in [0.2, 0.25) is 0 Å². The van der Waals surface area contributed by atoms with Crippen molar-refractivity contribution in [3.8, 4) is 0 Å². The van der Waals surface area contributed by atoms with Gasteiger partial charge in [0, 0.05) is 31.2 Å². The van der Waals surface area contributed by atoms with E-state index in [9.17, 15) is 4.79 Å². The fraction of sp³-hybridized carbons (Fsp3) is 0.941. The molecule has 1 amide bonds. The van der Waals surface area contributed by atoms with Crippen LogP contribution in [0.25, 0.3) is 0 Å². The van der Waals surface area contributed by atoms with Gasteiger partial charge in [-0.2, -0.15) is 0 Å². The highest BCUT2D eigenvalue weighted by Gasteiger charge is 2.35. The number of nitrogens with zero attached hydrogens (tertiary/aromatic N) is 1. The largest absolute Gasteiger partial charge is 0.376 e. The highest BCUT2D eigenvalue weighted by molar-refractivity contribution is 5.85. The fourth-order valence-electron chi connectivity index (χ4n) is 4.33. The minimum absolute atomic E-state index is 0. The summed E-state index contributed by atoms with van der Waals surface area (Å²) in [7, 11) is 0. The molecule has 1 saturated heterocycles. The van der Waals surface area contributed by atoms with E-state index in [1.165, 1.54) is 25.7 Å². The zero-order chi connectivity index (χ0) is 14.7. The van der Waals surface area contributed by atoms with E-state index in [1.54, 1.807) is 0 Å². The third-order valence-electron chi connectivity index (χ3n) is 5.54. The molecule has 0 bridgehead atoms. The summed E-state index contributed by atoms with van der Waals surface area (Å²) in [4.78, 5) is 15.2. The van der Waals surface area contributed by atoms with E-state index < -0.39 is 0 Å². The van der Waals surface area contributed by atoms with Gasteiger partial charge in [-0.3, -0.25) is 4.79 Å². The summed E-state index contributed by atoms with van der Waals surface area (Å²) in [6.45, 7) is 1.68. The Bertz CT molecular complexity index is 355. The number of hydrogen-bond acceptors (Lipinski definition) is 3. The molecule has 3 atom stereocenters. The molecule has 4 nitrogen and oxygen atoms in total. The molecule has 3 fully saturated rings. The highest BCUT2D eigenvalue weighted by atomic mass is 35.5. The van der Waals surface area contributed by atoms with Crippen LogP contribution in [0, 0.1) is 5.92 Å². The van der Waals surface area contributed by atoms with Crippen molar-refractivity contribution in [1.82, 2.24) is 4.90 Å². The topological polar surface area (TPSA) is 55.6 Å². The Morgan fingerprint density at radius 1 is 1.05 bits per heavy atom. The van der Waals surface area contributed by atoms with Gasteiger partial charge >= 0.3 is 0 Å². The minimum Gasteiger partial charge on any atom is -0.376 e. The van der Waals surface area contributed by atoms with Crippen LogP contribution in [0.4, 0.5) is 0 Å². The maximum absolute atomic E-state index is 13.0. The third kappa shape index (κ3) is 4.36. The Labute approximate surface area is 140 Å². The summed E-state index contributed by atoms with van der Waals surface area (Å²) in [5.74, 6) is 0.531. The van der Waals surface area contributed by atoms with Crippen LogP contribution in [0.1, 0.15) is 64.2 Å². The maximum Gasteiger partial charge on any atom is 0.226 e. The van der Waals surface area contributed by atoms with Crippen LogP contribution in [0.5, 0.6) is 0 Å². The first kappa shape index (κ1) is 18.0. The molecule has 2 N–H and O–H groups in total. The second-order valence-electron chi connectivity index (χ2n) is 7.19. The maximum atomic E-state index is 13.0. The summed E-state index contributed by atoms with van der Waals surface area (Å²) in [6, 6.07) is 0.681. The summed E-state index contributed by atoms with van der Waals surface area (Å²) in [5.41, 5.74) is 6.08. The van der Waals surface area contributed by atoms with Gasteiger partial charge in [0.1, 0.15) is 0 Å². The lowest BCUT2D eigenvalue weighted by Crippen LogP contribution is -2.48. The van der Waals surface area contributed by atoms with Crippen molar-refractivity contribution >= 4 is 18.3 Å². The molecular formula is C17H31ClN2O2. The molecule has 2 saturated carbocycles. The van der Waals surface area contributed by atoms with E-state index >= 15 is 0 Å². The van der Waals surface area contributed by atoms with E-state index in [-0.39, 0.29) is 30.5 Å². The monoisotopic (exact) mass is 330 g/mol. The van der Waals surface area contributed by atoms with Crippen molar-refractivity contribution in [2.45, 2.75) is 82.4 Å². The summed E-state index contributed by atoms with van der Waals surface area (Å²) in [5, 5.41) is 0. The predicted octanol–water partition coefficient (Wildman–Crippen LogP) is 2.88. The lowest BCUT2D eigenvalue weighted by molar-refractivity contribution is -0.141. The van der Waals surface area contributed by atoms with E-state index in [0.29, 0.717) is 11.9 Å². The zero-order valence-electron chi connectivity index (χ0n) is 13.5. The number of ether oxygens (including phenoxy) is 1. The average molecular weight is 331 g/mol. The normalized spacial score (nSPS) is 32.7. The second-order valence-corrected chi connectivity index (χ2v) is 7.19. The van der Waals surface area contributed by atoms with E-state index in [1.807, 2.05) is 0 Å². The number of carbonyl (C=O) groups excluding carboxylic acids is 1. The summed E-state index contributed by atoms with van der Waals surface area (Å²) in [6.07, 6.45) is 11.5. The average Bonchev–Trinajstić information content (AvgIpc) is 3.17. The van der Waals surface area contributed by atoms with Gasteiger partial charge in [-0.15, -0.1) is 12.4 Å². The molecule has 128 valence electrons. The molecule has 0 aromatic carbocycles. The van der Waals surface area contributed by atoms with Crippen LogP contribution in [0.3, 0.4) is 0 Å². The number of halogens is 1. The molecule has 3 rings (SSSR count). The van der Waals surface area contributed by atoms with Gasteiger partial charge in [0.2, 0.25) is 5.91 Å². The Morgan fingerprint density at radius 3 is 2.45 bits per heavy atom. The van der Waals surface area contributed by atoms with Crippen LogP contribution >= 0.6 is 12.4 Å². The van der Waals surface area contributed by atoms with Crippen molar-refractivity contribution in [3.63, 3.8) is 0 Å². The van der Waals surface area contributed by atoms with Gasteiger partial charge in [-0.05, 0) is 44.9 Å². The first-order valence-corrected chi connectivity index (χ1v) is 8.91. The van der Waals surface area contributed by atoms with Crippen LogP contribution in [0.15, 0.2) is 0 Å². The molecule has 1 heterocycles. The SMILES string of the molecule is Cl.NC1CCCC(C(=O)N(CC2CCCO2)C2CCCC2)C1. The van der Waals surface area contributed by atoms with Crippen molar-refractivity contribution < 1.29 is 9.53 Å². The number of nitrogens with two attached hydrogens (primary N) is 1. The molecule has 1 aliphatic heterocycles. The summed E-state index contributed by atoms with van der Waals surface area (Å²) < 4.78 is 5.78. The quantitative estimate of drug-likeness (QED) is 0.862. The number of carbonyl (C=O) groups is 1. The van der Waals surface area contributed by atoms with Crippen LogP contribution in [-0.4, -0.2) is 42.1 Å². The van der Waals surface area contributed by atoms with Crippen molar-refractivity contribution in [1.29, 1.82) is 0 Å². The molecule has 5 heteroatoms. The van der Waals surface area contributed by atoms with E-state index in [0.717, 1.165) is 51.7 Å². The zero-order valence-corrected chi connectivity index (χ0v) is 14.4. The lowest BCUT2D eigenvalue weighted by Gasteiger charge is -2.36. The van der Waals surface area contributed by atoms with Gasteiger partial charge in [-0.25, -0.2) is 0 Å². The van der Waals surface area contributed by atoms with Gasteiger partial charge in [0.25, 0.3) is 0 Å². The standard InChI is InChI=1S/C17H30N2O2.ClH/c18-14-6-3-5-13(11-14)17(20)19(15-7-1-2-8-15)12-16-9-4-10-21-16;/h13-16H,1-12,18H2;1H. The Hall–Kier alpha value is -0.320. The number of amides is 1. The van der Waals surface area contributed by atoms with Crippen molar-refractivity contribution in [2.24, 2.45) is 11.7 Å². The van der Waals surface area contributed by atoms with Gasteiger partial charge < -0.3 is 15.4 Å². The molecule has 3 aliphatic rings. The van der Waals surface area contributed by atoms with E-state index in [2.05, 4.69) is 4.90 Å². The van der Waals surface area contributed by atoms with Crippen LogP contribution in [-0.2, 0) is 9.53 Å². The fourth-order valence-corrected chi connectivity index (χ4v) is 4.33. The molecule has 2 aliphatic carbocycles.